The van der Waals surface area contributed by atoms with E-state index in [4.69, 9.17) is 5.73 Å². The maximum atomic E-state index is 12.1. The van der Waals surface area contributed by atoms with E-state index in [1.54, 1.807) is 0 Å². The molecule has 0 spiro atoms. The first-order valence-corrected chi connectivity index (χ1v) is 6.80. The molecule has 3 N–H and O–H groups in total. The summed E-state index contributed by atoms with van der Waals surface area (Å²) in [4.78, 5) is 12.1. The highest BCUT2D eigenvalue weighted by Crippen LogP contribution is 2.27. The Kier molecular flexibility index (Phi) is 4.37. The lowest BCUT2D eigenvalue weighted by Gasteiger charge is -2.20. The van der Waals surface area contributed by atoms with Gasteiger partial charge >= 0.3 is 0 Å². The van der Waals surface area contributed by atoms with Gasteiger partial charge in [-0.25, -0.2) is 0 Å². The van der Waals surface area contributed by atoms with Gasteiger partial charge in [0.05, 0.1) is 0 Å². The zero-order valence-electron chi connectivity index (χ0n) is 11.0. The van der Waals surface area contributed by atoms with Crippen molar-refractivity contribution in [2.75, 3.05) is 0 Å². The third kappa shape index (κ3) is 3.10. The van der Waals surface area contributed by atoms with Gasteiger partial charge in [0.1, 0.15) is 0 Å². The Morgan fingerprint density at radius 2 is 2.17 bits per heavy atom. The summed E-state index contributed by atoms with van der Waals surface area (Å²) in [5, 5.41) is 3.11. The minimum atomic E-state index is 0.0182. The number of carbonyl (C=O) groups excluding carboxylic acids is 1. The summed E-state index contributed by atoms with van der Waals surface area (Å²) in [6.07, 6.45) is 5.08. The number of hydrogen-bond acceptors (Lipinski definition) is 2. The van der Waals surface area contributed by atoms with Gasteiger partial charge in [-0.1, -0.05) is 25.0 Å². The molecule has 1 amide bonds. The summed E-state index contributed by atoms with van der Waals surface area (Å²) < 4.78 is 0. The third-order valence-electron chi connectivity index (χ3n) is 3.89. The molecule has 1 aromatic rings. The van der Waals surface area contributed by atoms with Crippen LogP contribution in [-0.2, 0) is 6.54 Å². The van der Waals surface area contributed by atoms with Crippen molar-refractivity contribution < 1.29 is 4.79 Å². The second-order valence-electron chi connectivity index (χ2n) is 5.21. The van der Waals surface area contributed by atoms with Crippen molar-refractivity contribution in [3.8, 4) is 0 Å². The van der Waals surface area contributed by atoms with E-state index < -0.39 is 0 Å². The van der Waals surface area contributed by atoms with E-state index in [0.717, 1.165) is 5.56 Å². The predicted octanol–water partition coefficient (Wildman–Crippen LogP) is 2.45. The fraction of sp³-hybridized carbons (Fsp3) is 0.533. The molecule has 18 heavy (non-hydrogen) atoms. The normalized spacial score (nSPS) is 17.7. The molecule has 0 bridgehead atoms. The number of nitrogens with one attached hydrogen (secondary N) is 1. The summed E-state index contributed by atoms with van der Waals surface area (Å²) in [6, 6.07) is 7.81. The Hall–Kier alpha value is -1.35. The molecule has 3 nitrogen and oxygen atoms in total. The maximum Gasteiger partial charge on any atom is 0.251 e. The monoisotopic (exact) mass is 246 g/mol. The lowest BCUT2D eigenvalue weighted by molar-refractivity contribution is 0.0927. The Morgan fingerprint density at radius 1 is 1.44 bits per heavy atom. The largest absolute Gasteiger partial charge is 0.349 e. The molecule has 0 aromatic heterocycles. The predicted molar refractivity (Wildman–Crippen MR) is 73.2 cm³/mol. The Balaban J connectivity index is 1.97. The van der Waals surface area contributed by atoms with Gasteiger partial charge in [-0.05, 0) is 43.4 Å². The highest BCUT2D eigenvalue weighted by atomic mass is 16.1. The van der Waals surface area contributed by atoms with Crippen LogP contribution in [0.25, 0.3) is 0 Å². The first kappa shape index (κ1) is 13.1. The molecule has 2 rings (SSSR count). The molecule has 0 saturated heterocycles. The van der Waals surface area contributed by atoms with Gasteiger partial charge in [-0.15, -0.1) is 0 Å². The minimum Gasteiger partial charge on any atom is -0.349 e. The van der Waals surface area contributed by atoms with Gasteiger partial charge in [-0.2, -0.15) is 0 Å². The van der Waals surface area contributed by atoms with E-state index in [1.807, 2.05) is 24.3 Å². The highest BCUT2D eigenvalue weighted by Gasteiger charge is 2.23. The standard InChI is InChI=1S/C15H22N2O/c1-11(13-6-2-3-7-13)17-15(18)14-8-4-5-12(9-14)10-16/h4-5,8-9,11,13H,2-3,6-7,10,16H2,1H3,(H,17,18). The van der Waals surface area contributed by atoms with Gasteiger partial charge in [0.2, 0.25) is 0 Å². The Bertz CT molecular complexity index is 411. The molecule has 0 aliphatic heterocycles. The molecule has 3 heteroatoms. The fourth-order valence-electron chi connectivity index (χ4n) is 2.70. The summed E-state index contributed by atoms with van der Waals surface area (Å²) in [6.45, 7) is 2.58. The van der Waals surface area contributed by atoms with Crippen molar-refractivity contribution in [1.29, 1.82) is 0 Å². The molecule has 1 atom stereocenters. The van der Waals surface area contributed by atoms with Crippen LogP contribution < -0.4 is 11.1 Å². The Labute approximate surface area is 109 Å². The van der Waals surface area contributed by atoms with Gasteiger partial charge in [0.25, 0.3) is 5.91 Å². The van der Waals surface area contributed by atoms with Crippen LogP contribution in [0.4, 0.5) is 0 Å². The SMILES string of the molecule is CC(NC(=O)c1cccc(CN)c1)C1CCCC1. The van der Waals surface area contributed by atoms with Crippen LogP contribution in [0.5, 0.6) is 0 Å². The summed E-state index contributed by atoms with van der Waals surface area (Å²) in [5.41, 5.74) is 7.30. The van der Waals surface area contributed by atoms with Crippen LogP contribution in [-0.4, -0.2) is 11.9 Å². The maximum absolute atomic E-state index is 12.1. The zero-order valence-corrected chi connectivity index (χ0v) is 11.0. The number of amides is 1. The van der Waals surface area contributed by atoms with E-state index in [2.05, 4.69) is 12.2 Å². The number of hydrogen-bond donors (Lipinski definition) is 2. The number of benzene rings is 1. The molecule has 1 aromatic carbocycles. The smallest absolute Gasteiger partial charge is 0.251 e. The minimum absolute atomic E-state index is 0.0182. The van der Waals surface area contributed by atoms with Crippen LogP contribution in [0.15, 0.2) is 24.3 Å². The highest BCUT2D eigenvalue weighted by molar-refractivity contribution is 5.94. The van der Waals surface area contributed by atoms with Crippen molar-refractivity contribution in [1.82, 2.24) is 5.32 Å². The molecular formula is C15H22N2O. The molecule has 1 aliphatic rings. The second kappa shape index (κ2) is 6.01. The quantitative estimate of drug-likeness (QED) is 0.857. The van der Waals surface area contributed by atoms with E-state index in [-0.39, 0.29) is 11.9 Å². The molecule has 0 radical (unpaired) electrons. The van der Waals surface area contributed by atoms with E-state index in [9.17, 15) is 4.79 Å². The van der Waals surface area contributed by atoms with Crippen LogP contribution >= 0.6 is 0 Å². The van der Waals surface area contributed by atoms with Gasteiger partial charge in [-0.3, -0.25) is 4.79 Å². The second-order valence-corrected chi connectivity index (χ2v) is 5.21. The van der Waals surface area contributed by atoms with E-state index >= 15 is 0 Å². The first-order chi connectivity index (χ1) is 8.70. The van der Waals surface area contributed by atoms with Crippen molar-refractivity contribution in [3.05, 3.63) is 35.4 Å². The lowest BCUT2D eigenvalue weighted by atomic mass is 9.99. The topological polar surface area (TPSA) is 55.1 Å². The zero-order chi connectivity index (χ0) is 13.0. The lowest BCUT2D eigenvalue weighted by Crippen LogP contribution is -2.37. The first-order valence-electron chi connectivity index (χ1n) is 6.80. The van der Waals surface area contributed by atoms with Gasteiger partial charge in [0, 0.05) is 18.2 Å². The van der Waals surface area contributed by atoms with Crippen molar-refractivity contribution in [2.45, 2.75) is 45.2 Å². The number of carbonyl (C=O) groups is 1. The number of rotatable bonds is 4. The third-order valence-corrected chi connectivity index (χ3v) is 3.89. The molecule has 1 fully saturated rings. The summed E-state index contributed by atoms with van der Waals surface area (Å²) in [5.74, 6) is 0.663. The molecular weight excluding hydrogens is 224 g/mol. The summed E-state index contributed by atoms with van der Waals surface area (Å²) in [7, 11) is 0. The molecule has 98 valence electrons. The van der Waals surface area contributed by atoms with Crippen LogP contribution in [0.2, 0.25) is 0 Å². The van der Waals surface area contributed by atoms with Gasteiger partial charge in [0.15, 0.2) is 0 Å². The molecule has 0 heterocycles. The number of nitrogens with two attached hydrogens (primary N) is 1. The van der Waals surface area contributed by atoms with Crippen LogP contribution in [0.3, 0.4) is 0 Å². The van der Waals surface area contributed by atoms with E-state index in [0.29, 0.717) is 18.0 Å². The van der Waals surface area contributed by atoms with Crippen LogP contribution in [0.1, 0.15) is 48.5 Å². The molecule has 1 saturated carbocycles. The van der Waals surface area contributed by atoms with Crippen molar-refractivity contribution >= 4 is 5.91 Å². The fourth-order valence-corrected chi connectivity index (χ4v) is 2.70. The van der Waals surface area contributed by atoms with Gasteiger partial charge < -0.3 is 11.1 Å². The van der Waals surface area contributed by atoms with Crippen molar-refractivity contribution in [2.24, 2.45) is 11.7 Å². The van der Waals surface area contributed by atoms with Crippen molar-refractivity contribution in [3.63, 3.8) is 0 Å². The molecule has 1 aliphatic carbocycles. The Morgan fingerprint density at radius 3 is 2.83 bits per heavy atom. The summed E-state index contributed by atoms with van der Waals surface area (Å²) >= 11 is 0. The average molecular weight is 246 g/mol. The van der Waals surface area contributed by atoms with Crippen LogP contribution in [0, 0.1) is 5.92 Å². The van der Waals surface area contributed by atoms with E-state index in [1.165, 1.54) is 25.7 Å². The molecule has 1 unspecified atom stereocenters. The average Bonchev–Trinajstić information content (AvgIpc) is 2.92.